The van der Waals surface area contributed by atoms with Crippen molar-refractivity contribution in [3.05, 3.63) is 65.4 Å². The van der Waals surface area contributed by atoms with E-state index < -0.39 is 0 Å². The van der Waals surface area contributed by atoms with Gasteiger partial charge in [0.2, 0.25) is 0 Å². The lowest BCUT2D eigenvalue weighted by Crippen LogP contribution is -2.26. The van der Waals surface area contributed by atoms with Gasteiger partial charge in [-0.05, 0) is 36.8 Å². The topological polar surface area (TPSA) is 59.3 Å². The standard InChI is InChI=1S/C18H19FN4OS/c1-13-16(11-21-17-7-9-22-23(13)17)18(24)20-8-2-10-25-12-14-3-5-15(19)6-4-14/h3-7,9,11H,2,8,10,12H2,1H3,(H,20,24). The number of carbonyl (C=O) groups excluding carboxylic acids is 1. The molecule has 0 fully saturated rings. The van der Waals surface area contributed by atoms with Gasteiger partial charge in [-0.3, -0.25) is 4.79 Å². The smallest absolute Gasteiger partial charge is 0.254 e. The molecule has 1 amide bonds. The van der Waals surface area contributed by atoms with Crippen LogP contribution in [0.4, 0.5) is 4.39 Å². The highest BCUT2D eigenvalue weighted by Gasteiger charge is 2.12. The first-order valence-corrected chi connectivity index (χ1v) is 9.20. The minimum atomic E-state index is -0.213. The highest BCUT2D eigenvalue weighted by molar-refractivity contribution is 7.98. The van der Waals surface area contributed by atoms with Crippen LogP contribution in [0.2, 0.25) is 0 Å². The summed E-state index contributed by atoms with van der Waals surface area (Å²) in [6, 6.07) is 8.34. The summed E-state index contributed by atoms with van der Waals surface area (Å²) in [6.07, 6.45) is 4.12. The van der Waals surface area contributed by atoms with Crippen LogP contribution in [0.15, 0.2) is 42.7 Å². The average Bonchev–Trinajstić information content (AvgIpc) is 3.09. The molecule has 0 radical (unpaired) electrons. The number of rotatable bonds is 7. The third-order valence-electron chi connectivity index (χ3n) is 3.83. The molecule has 3 aromatic rings. The number of nitrogens with zero attached hydrogens (tertiary/aromatic N) is 3. The van der Waals surface area contributed by atoms with Crippen LogP contribution in [-0.4, -0.2) is 32.8 Å². The molecular formula is C18H19FN4OS. The lowest BCUT2D eigenvalue weighted by Gasteiger charge is -2.08. The van der Waals surface area contributed by atoms with Gasteiger partial charge in [0.15, 0.2) is 5.65 Å². The minimum Gasteiger partial charge on any atom is -0.352 e. The van der Waals surface area contributed by atoms with Gasteiger partial charge in [-0.25, -0.2) is 13.9 Å². The minimum absolute atomic E-state index is 0.133. The van der Waals surface area contributed by atoms with Crippen molar-refractivity contribution in [3.8, 4) is 0 Å². The molecule has 2 aromatic heterocycles. The Hall–Kier alpha value is -2.41. The molecule has 7 heteroatoms. The predicted octanol–water partition coefficient (Wildman–Crippen LogP) is 3.23. The SMILES string of the molecule is Cc1c(C(=O)NCCCSCc2ccc(F)cc2)cnc2ccnn12. The molecule has 0 bridgehead atoms. The van der Waals surface area contributed by atoms with Gasteiger partial charge in [-0.15, -0.1) is 0 Å². The zero-order valence-corrected chi connectivity index (χ0v) is 14.7. The normalized spacial score (nSPS) is 11.0. The van der Waals surface area contributed by atoms with Crippen LogP contribution in [0.25, 0.3) is 5.65 Å². The second-order valence-electron chi connectivity index (χ2n) is 5.65. The number of thioether (sulfide) groups is 1. The molecule has 130 valence electrons. The number of carbonyl (C=O) groups is 1. The van der Waals surface area contributed by atoms with Gasteiger partial charge in [0.05, 0.1) is 17.5 Å². The van der Waals surface area contributed by atoms with E-state index in [0.717, 1.165) is 34.8 Å². The van der Waals surface area contributed by atoms with Gasteiger partial charge >= 0.3 is 0 Å². The Labute approximate surface area is 149 Å². The van der Waals surface area contributed by atoms with Crippen LogP contribution < -0.4 is 5.32 Å². The maximum Gasteiger partial charge on any atom is 0.254 e. The molecule has 25 heavy (non-hydrogen) atoms. The summed E-state index contributed by atoms with van der Waals surface area (Å²) in [6.45, 7) is 2.46. The maximum absolute atomic E-state index is 12.8. The molecule has 1 N–H and O–H groups in total. The maximum atomic E-state index is 12.8. The third-order valence-corrected chi connectivity index (χ3v) is 4.95. The summed E-state index contributed by atoms with van der Waals surface area (Å²) in [5, 5.41) is 7.08. The van der Waals surface area contributed by atoms with E-state index in [-0.39, 0.29) is 11.7 Å². The Bertz CT molecular complexity index is 863. The Morgan fingerprint density at radius 3 is 2.88 bits per heavy atom. The Kier molecular flexibility index (Phi) is 5.65. The molecule has 0 aliphatic rings. The molecule has 0 aliphatic carbocycles. The largest absolute Gasteiger partial charge is 0.352 e. The third kappa shape index (κ3) is 4.36. The van der Waals surface area contributed by atoms with E-state index in [1.807, 2.05) is 6.92 Å². The summed E-state index contributed by atoms with van der Waals surface area (Å²) >= 11 is 1.77. The van der Waals surface area contributed by atoms with Crippen molar-refractivity contribution < 1.29 is 9.18 Å². The number of aromatic nitrogens is 3. The van der Waals surface area contributed by atoms with Gasteiger partial charge in [-0.2, -0.15) is 16.9 Å². The first-order valence-electron chi connectivity index (χ1n) is 8.05. The number of hydrogen-bond donors (Lipinski definition) is 1. The average molecular weight is 358 g/mol. The van der Waals surface area contributed by atoms with Crippen LogP contribution in [-0.2, 0) is 5.75 Å². The summed E-state index contributed by atoms with van der Waals surface area (Å²) < 4.78 is 14.5. The second-order valence-corrected chi connectivity index (χ2v) is 6.75. The van der Waals surface area contributed by atoms with E-state index in [4.69, 9.17) is 0 Å². The highest BCUT2D eigenvalue weighted by Crippen LogP contribution is 2.13. The van der Waals surface area contributed by atoms with E-state index in [1.54, 1.807) is 46.9 Å². The van der Waals surface area contributed by atoms with Crippen molar-refractivity contribution in [2.75, 3.05) is 12.3 Å². The quantitative estimate of drug-likeness (QED) is 0.659. The van der Waals surface area contributed by atoms with Gasteiger partial charge in [0.25, 0.3) is 5.91 Å². The van der Waals surface area contributed by atoms with Gasteiger partial charge in [0.1, 0.15) is 5.82 Å². The van der Waals surface area contributed by atoms with Crippen molar-refractivity contribution in [2.24, 2.45) is 0 Å². The van der Waals surface area contributed by atoms with Crippen LogP contribution >= 0.6 is 11.8 Å². The molecule has 0 unspecified atom stereocenters. The van der Waals surface area contributed by atoms with E-state index in [1.165, 1.54) is 12.1 Å². The summed E-state index contributed by atoms with van der Waals surface area (Å²) in [4.78, 5) is 16.5. The lowest BCUT2D eigenvalue weighted by atomic mass is 10.2. The molecule has 0 spiro atoms. The number of halogens is 1. The van der Waals surface area contributed by atoms with Gasteiger partial charge in [0, 0.05) is 24.6 Å². The summed E-state index contributed by atoms with van der Waals surface area (Å²) in [5.74, 6) is 1.42. The van der Waals surface area contributed by atoms with Gasteiger partial charge < -0.3 is 5.32 Å². The Morgan fingerprint density at radius 2 is 2.08 bits per heavy atom. The zero-order valence-electron chi connectivity index (χ0n) is 13.9. The monoisotopic (exact) mass is 358 g/mol. The molecule has 3 rings (SSSR count). The number of aryl methyl sites for hydroxylation is 1. The highest BCUT2D eigenvalue weighted by atomic mass is 32.2. The van der Waals surface area contributed by atoms with Gasteiger partial charge in [-0.1, -0.05) is 12.1 Å². The summed E-state index contributed by atoms with van der Waals surface area (Å²) in [7, 11) is 0. The molecule has 2 heterocycles. The molecule has 0 saturated carbocycles. The molecule has 0 saturated heterocycles. The molecule has 1 aromatic carbocycles. The van der Waals surface area contributed by atoms with E-state index >= 15 is 0 Å². The summed E-state index contributed by atoms with van der Waals surface area (Å²) in [5.41, 5.74) is 3.14. The fourth-order valence-electron chi connectivity index (χ4n) is 2.46. The second kappa shape index (κ2) is 8.11. The van der Waals surface area contributed by atoms with E-state index in [9.17, 15) is 9.18 Å². The number of fused-ring (bicyclic) bond motifs is 1. The number of amides is 1. The van der Waals surface area contributed by atoms with Crippen molar-refractivity contribution in [1.82, 2.24) is 19.9 Å². The number of benzene rings is 1. The van der Waals surface area contributed by atoms with Crippen molar-refractivity contribution in [3.63, 3.8) is 0 Å². The predicted molar refractivity (Wildman–Crippen MR) is 97.2 cm³/mol. The number of nitrogens with one attached hydrogen (secondary N) is 1. The Morgan fingerprint density at radius 1 is 1.28 bits per heavy atom. The van der Waals surface area contributed by atoms with E-state index in [0.29, 0.717) is 12.1 Å². The first kappa shape index (κ1) is 17.4. The molecule has 0 aliphatic heterocycles. The first-order chi connectivity index (χ1) is 12.1. The Balaban J connectivity index is 1.41. The van der Waals surface area contributed by atoms with Crippen molar-refractivity contribution in [2.45, 2.75) is 19.1 Å². The fraction of sp³-hybridized carbons (Fsp3) is 0.278. The fourth-order valence-corrected chi connectivity index (χ4v) is 3.38. The van der Waals surface area contributed by atoms with Crippen LogP contribution in [0, 0.1) is 12.7 Å². The molecule has 0 atom stereocenters. The molecule has 5 nitrogen and oxygen atoms in total. The zero-order chi connectivity index (χ0) is 17.6. The van der Waals surface area contributed by atoms with Crippen molar-refractivity contribution >= 4 is 23.3 Å². The number of hydrogen-bond acceptors (Lipinski definition) is 4. The van der Waals surface area contributed by atoms with Crippen LogP contribution in [0.1, 0.15) is 28.0 Å². The van der Waals surface area contributed by atoms with Crippen molar-refractivity contribution in [1.29, 1.82) is 0 Å². The van der Waals surface area contributed by atoms with Crippen LogP contribution in [0.5, 0.6) is 0 Å². The lowest BCUT2D eigenvalue weighted by molar-refractivity contribution is 0.0952. The van der Waals surface area contributed by atoms with E-state index in [2.05, 4.69) is 15.4 Å². The van der Waals surface area contributed by atoms with Crippen LogP contribution in [0.3, 0.4) is 0 Å². The molecular weight excluding hydrogens is 339 g/mol.